The number of nitrogens with zero attached hydrogens (tertiary/aromatic N) is 1. The van der Waals surface area contributed by atoms with Gasteiger partial charge in [0.15, 0.2) is 0 Å². The average molecular weight is 214 g/mol. The lowest BCUT2D eigenvalue weighted by Crippen LogP contribution is -2.38. The summed E-state index contributed by atoms with van der Waals surface area (Å²) in [7, 11) is 0. The first-order valence-corrected chi connectivity index (χ1v) is 6.32. The SMILES string of the molecule is C=CCN(CC=C)C[C@@H](N)CCSC. The number of thioether (sulfide) groups is 1. The maximum absolute atomic E-state index is 6.00. The Morgan fingerprint density at radius 2 is 1.93 bits per heavy atom. The first kappa shape index (κ1) is 13.8. The van der Waals surface area contributed by atoms with Crippen molar-refractivity contribution in [3.8, 4) is 0 Å². The van der Waals surface area contributed by atoms with Crippen molar-refractivity contribution in [1.29, 1.82) is 0 Å². The Kier molecular flexibility index (Phi) is 9.14. The molecule has 0 radical (unpaired) electrons. The molecule has 0 amide bonds. The van der Waals surface area contributed by atoms with E-state index in [9.17, 15) is 0 Å². The first-order chi connectivity index (χ1) is 6.74. The molecule has 82 valence electrons. The third-order valence-corrected chi connectivity index (χ3v) is 2.60. The molecule has 0 aromatic heterocycles. The fourth-order valence-electron chi connectivity index (χ4n) is 1.28. The van der Waals surface area contributed by atoms with Crippen LogP contribution in [-0.4, -0.2) is 42.6 Å². The number of hydrogen-bond acceptors (Lipinski definition) is 3. The van der Waals surface area contributed by atoms with Crippen LogP contribution in [0, 0.1) is 0 Å². The molecule has 0 unspecified atom stereocenters. The monoisotopic (exact) mass is 214 g/mol. The summed E-state index contributed by atoms with van der Waals surface area (Å²) < 4.78 is 0. The smallest absolute Gasteiger partial charge is 0.0175 e. The van der Waals surface area contributed by atoms with E-state index in [1.165, 1.54) is 0 Å². The maximum Gasteiger partial charge on any atom is 0.0175 e. The van der Waals surface area contributed by atoms with Crippen molar-refractivity contribution in [2.45, 2.75) is 12.5 Å². The van der Waals surface area contributed by atoms with Crippen molar-refractivity contribution >= 4 is 11.8 Å². The largest absolute Gasteiger partial charge is 0.327 e. The van der Waals surface area contributed by atoms with Gasteiger partial charge in [0.1, 0.15) is 0 Å². The number of nitrogens with two attached hydrogens (primary N) is 1. The zero-order chi connectivity index (χ0) is 10.8. The molecule has 0 aromatic rings. The van der Waals surface area contributed by atoms with Gasteiger partial charge in [-0.05, 0) is 18.4 Å². The number of rotatable bonds is 9. The van der Waals surface area contributed by atoms with E-state index in [0.29, 0.717) is 0 Å². The Morgan fingerprint density at radius 1 is 1.36 bits per heavy atom. The van der Waals surface area contributed by atoms with Gasteiger partial charge in [-0.1, -0.05) is 12.2 Å². The molecule has 0 rings (SSSR count). The van der Waals surface area contributed by atoms with Crippen LogP contribution in [0.3, 0.4) is 0 Å². The van der Waals surface area contributed by atoms with E-state index < -0.39 is 0 Å². The molecule has 0 spiro atoms. The molecule has 0 bridgehead atoms. The molecular formula is C11H22N2S. The minimum absolute atomic E-state index is 0.266. The Bertz CT molecular complexity index is 149. The van der Waals surface area contributed by atoms with E-state index in [1.54, 1.807) is 0 Å². The first-order valence-electron chi connectivity index (χ1n) is 4.93. The average Bonchev–Trinajstić information content (AvgIpc) is 2.15. The molecule has 0 aliphatic rings. The summed E-state index contributed by atoms with van der Waals surface area (Å²) >= 11 is 1.84. The summed E-state index contributed by atoms with van der Waals surface area (Å²) in [6.45, 7) is 10.2. The molecule has 0 fully saturated rings. The van der Waals surface area contributed by atoms with Gasteiger partial charge in [-0.15, -0.1) is 13.2 Å². The van der Waals surface area contributed by atoms with Gasteiger partial charge in [0.2, 0.25) is 0 Å². The van der Waals surface area contributed by atoms with Gasteiger partial charge in [0, 0.05) is 25.7 Å². The van der Waals surface area contributed by atoms with E-state index in [-0.39, 0.29) is 6.04 Å². The van der Waals surface area contributed by atoms with Gasteiger partial charge >= 0.3 is 0 Å². The van der Waals surface area contributed by atoms with Crippen molar-refractivity contribution in [3.05, 3.63) is 25.3 Å². The van der Waals surface area contributed by atoms with Crippen LogP contribution < -0.4 is 5.73 Å². The molecule has 0 aliphatic heterocycles. The highest BCUT2D eigenvalue weighted by Gasteiger charge is 2.07. The van der Waals surface area contributed by atoms with E-state index in [2.05, 4.69) is 24.3 Å². The summed E-state index contributed by atoms with van der Waals surface area (Å²) in [6, 6.07) is 0.266. The van der Waals surface area contributed by atoms with Crippen LogP contribution in [0.25, 0.3) is 0 Å². The highest BCUT2D eigenvalue weighted by molar-refractivity contribution is 7.98. The van der Waals surface area contributed by atoms with E-state index in [1.807, 2.05) is 23.9 Å². The summed E-state index contributed by atoms with van der Waals surface area (Å²) in [5.74, 6) is 1.14. The predicted octanol–water partition coefficient (Wildman–Crippen LogP) is 1.74. The van der Waals surface area contributed by atoms with Crippen LogP contribution in [0.1, 0.15) is 6.42 Å². The third kappa shape index (κ3) is 7.18. The Labute approximate surface area is 92.2 Å². The van der Waals surface area contributed by atoms with E-state index in [0.717, 1.165) is 31.8 Å². The van der Waals surface area contributed by atoms with Crippen molar-refractivity contribution in [2.75, 3.05) is 31.6 Å². The van der Waals surface area contributed by atoms with E-state index >= 15 is 0 Å². The molecular weight excluding hydrogens is 192 g/mol. The lowest BCUT2D eigenvalue weighted by Gasteiger charge is -2.22. The fraction of sp³-hybridized carbons (Fsp3) is 0.636. The van der Waals surface area contributed by atoms with Crippen LogP contribution in [-0.2, 0) is 0 Å². The van der Waals surface area contributed by atoms with Crippen LogP contribution in [0.2, 0.25) is 0 Å². The molecule has 0 saturated carbocycles. The van der Waals surface area contributed by atoms with Gasteiger partial charge in [0.05, 0.1) is 0 Å². The summed E-state index contributed by atoms with van der Waals surface area (Å²) in [6.07, 6.45) is 7.00. The summed E-state index contributed by atoms with van der Waals surface area (Å²) in [5, 5.41) is 0. The molecule has 14 heavy (non-hydrogen) atoms. The zero-order valence-corrected chi connectivity index (χ0v) is 9.93. The van der Waals surface area contributed by atoms with Crippen molar-refractivity contribution < 1.29 is 0 Å². The molecule has 2 N–H and O–H groups in total. The van der Waals surface area contributed by atoms with Crippen LogP contribution in [0.4, 0.5) is 0 Å². The zero-order valence-electron chi connectivity index (χ0n) is 9.11. The molecule has 3 heteroatoms. The standard InChI is InChI=1S/C11H22N2S/c1-4-7-13(8-5-2)10-11(12)6-9-14-3/h4-5,11H,1-2,6-10,12H2,3H3/t11-/m0/s1. The molecule has 0 saturated heterocycles. The van der Waals surface area contributed by atoms with E-state index in [4.69, 9.17) is 5.73 Å². The second-order valence-corrected chi connectivity index (χ2v) is 4.32. The van der Waals surface area contributed by atoms with Crippen LogP contribution >= 0.6 is 11.8 Å². The van der Waals surface area contributed by atoms with Crippen molar-refractivity contribution in [1.82, 2.24) is 4.90 Å². The minimum Gasteiger partial charge on any atom is -0.327 e. The predicted molar refractivity (Wildman–Crippen MR) is 67.8 cm³/mol. The summed E-state index contributed by atoms with van der Waals surface area (Å²) in [4.78, 5) is 2.25. The molecule has 2 nitrogen and oxygen atoms in total. The Balaban J connectivity index is 3.75. The second-order valence-electron chi connectivity index (χ2n) is 3.34. The third-order valence-electron chi connectivity index (χ3n) is 1.96. The van der Waals surface area contributed by atoms with Gasteiger partial charge < -0.3 is 5.73 Å². The lowest BCUT2D eigenvalue weighted by atomic mass is 10.2. The van der Waals surface area contributed by atoms with Gasteiger partial charge in [0.25, 0.3) is 0 Å². The fourth-order valence-corrected chi connectivity index (χ4v) is 1.82. The maximum atomic E-state index is 6.00. The Hall–Kier alpha value is -0.250. The topological polar surface area (TPSA) is 29.3 Å². The van der Waals surface area contributed by atoms with Gasteiger partial charge in [-0.3, -0.25) is 4.90 Å². The second kappa shape index (κ2) is 9.31. The van der Waals surface area contributed by atoms with Gasteiger partial charge in [-0.25, -0.2) is 0 Å². The normalized spacial score (nSPS) is 12.8. The molecule has 0 aromatic carbocycles. The summed E-state index contributed by atoms with van der Waals surface area (Å²) in [5.41, 5.74) is 6.00. The van der Waals surface area contributed by atoms with Crippen LogP contribution in [0.5, 0.6) is 0 Å². The van der Waals surface area contributed by atoms with Crippen molar-refractivity contribution in [3.63, 3.8) is 0 Å². The quantitative estimate of drug-likeness (QED) is 0.593. The molecule has 1 atom stereocenters. The molecule has 0 heterocycles. The van der Waals surface area contributed by atoms with Crippen LogP contribution in [0.15, 0.2) is 25.3 Å². The minimum atomic E-state index is 0.266. The van der Waals surface area contributed by atoms with Gasteiger partial charge in [-0.2, -0.15) is 11.8 Å². The highest BCUT2D eigenvalue weighted by atomic mass is 32.2. The van der Waals surface area contributed by atoms with Crippen molar-refractivity contribution in [2.24, 2.45) is 5.73 Å². The number of hydrogen-bond donors (Lipinski definition) is 1. The highest BCUT2D eigenvalue weighted by Crippen LogP contribution is 2.01. The Morgan fingerprint density at radius 3 is 2.36 bits per heavy atom. The molecule has 0 aliphatic carbocycles. The lowest BCUT2D eigenvalue weighted by molar-refractivity contribution is 0.308.